The second-order valence-corrected chi connectivity index (χ2v) is 29.8. The van der Waals surface area contributed by atoms with Crippen LogP contribution in [0.15, 0.2) is 0 Å². The van der Waals surface area contributed by atoms with Gasteiger partial charge in [0.05, 0.1) is 0 Å². The molecule has 0 aromatic rings. The van der Waals surface area contributed by atoms with E-state index in [1.54, 1.807) is 6.42 Å². The number of carbonyl (C=O) groups is 1. The Morgan fingerprint density at radius 2 is 0.887 bits per heavy atom. The van der Waals surface area contributed by atoms with Gasteiger partial charge < -0.3 is 0 Å². The van der Waals surface area contributed by atoms with Crippen molar-refractivity contribution in [1.82, 2.24) is 0 Å². The average molecular weight is 990 g/mol. The largest absolute Gasteiger partial charge is 0.299 e. The molecule has 1 heteroatoms. The highest BCUT2D eigenvalue weighted by molar-refractivity contribution is 5.84. The number of fused-ring (bicyclic) bond motifs is 1. The molecular weight excluding hydrogens is 857 g/mol. The fourth-order valence-electron chi connectivity index (χ4n) is 20.3. The number of ketones is 1. The molecule has 24 unspecified atom stereocenters. The van der Waals surface area contributed by atoms with Gasteiger partial charge in [0.15, 0.2) is 0 Å². The lowest BCUT2D eigenvalue weighted by molar-refractivity contribution is -0.139. The van der Waals surface area contributed by atoms with Crippen molar-refractivity contribution in [1.29, 1.82) is 0 Å². The second-order valence-electron chi connectivity index (χ2n) is 29.8. The first-order valence-corrected chi connectivity index (χ1v) is 32.9. The van der Waals surface area contributed by atoms with E-state index < -0.39 is 0 Å². The van der Waals surface area contributed by atoms with E-state index in [1.165, 1.54) is 89.9 Å². The molecule has 29 atom stereocenters. The van der Waals surface area contributed by atoms with Gasteiger partial charge in [0, 0.05) is 11.8 Å². The summed E-state index contributed by atoms with van der Waals surface area (Å²) in [5.41, 5.74) is 0. The van der Waals surface area contributed by atoms with Crippen LogP contribution in [0.1, 0.15) is 262 Å². The van der Waals surface area contributed by atoms with Crippen LogP contribution < -0.4 is 0 Å². The zero-order valence-corrected chi connectivity index (χ0v) is 52.8. The van der Waals surface area contributed by atoms with Crippen molar-refractivity contribution in [3.63, 3.8) is 0 Å². The Kier molecular flexibility index (Phi) is 25.2. The zero-order valence-electron chi connectivity index (χ0n) is 52.8. The maximum atomic E-state index is 14.6. The minimum atomic E-state index is 0.136. The molecule has 0 radical (unpaired) electrons. The first-order chi connectivity index (χ1) is 33.3. The van der Waals surface area contributed by atoms with Crippen LogP contribution in [0, 0.1) is 178 Å². The molecule has 71 heavy (non-hydrogen) atoms. The Morgan fingerprint density at radius 1 is 0.423 bits per heavy atom. The quantitative estimate of drug-likeness (QED) is 0.0763. The van der Waals surface area contributed by atoms with Gasteiger partial charge in [-0.3, -0.25) is 4.79 Å². The number of rotatable bonds is 28. The van der Waals surface area contributed by atoms with E-state index in [0.717, 1.165) is 118 Å². The number of hydrogen-bond donors (Lipinski definition) is 0. The lowest BCUT2D eigenvalue weighted by atomic mass is 9.53. The van der Waals surface area contributed by atoms with Gasteiger partial charge in [0.1, 0.15) is 5.78 Å². The van der Waals surface area contributed by atoms with Gasteiger partial charge >= 0.3 is 0 Å². The minimum absolute atomic E-state index is 0.136. The lowest BCUT2D eigenvalue weighted by Gasteiger charge is -2.50. The van der Waals surface area contributed by atoms with Crippen molar-refractivity contribution in [2.75, 3.05) is 0 Å². The highest BCUT2D eigenvalue weighted by Gasteiger charge is 2.56. The van der Waals surface area contributed by atoms with Crippen LogP contribution in [0.2, 0.25) is 0 Å². The van der Waals surface area contributed by atoms with Crippen molar-refractivity contribution < 1.29 is 4.79 Å². The van der Waals surface area contributed by atoms with Gasteiger partial charge in [0.2, 0.25) is 0 Å². The molecule has 0 aromatic carbocycles. The molecule has 0 aliphatic heterocycles. The Bertz CT molecular complexity index is 1490. The normalized spacial score (nSPS) is 39.1. The van der Waals surface area contributed by atoms with E-state index in [2.05, 4.69) is 166 Å². The topological polar surface area (TPSA) is 17.1 Å². The van der Waals surface area contributed by atoms with E-state index >= 15 is 0 Å². The van der Waals surface area contributed by atoms with E-state index in [0.29, 0.717) is 53.1 Å². The molecule has 1 nitrogen and oxygen atoms in total. The third-order valence-electron chi connectivity index (χ3n) is 25.7. The summed E-state index contributed by atoms with van der Waals surface area (Å²) >= 11 is 0. The van der Waals surface area contributed by atoms with Crippen molar-refractivity contribution in [3.05, 3.63) is 0 Å². The summed E-state index contributed by atoms with van der Waals surface area (Å²) in [4.78, 5) is 14.6. The zero-order chi connectivity index (χ0) is 53.5. The molecule has 4 fully saturated rings. The Morgan fingerprint density at radius 3 is 1.35 bits per heavy atom. The van der Waals surface area contributed by atoms with Gasteiger partial charge in [0.25, 0.3) is 0 Å². The Balaban J connectivity index is 1.27. The van der Waals surface area contributed by atoms with Crippen LogP contribution >= 0.6 is 0 Å². The van der Waals surface area contributed by atoms with Gasteiger partial charge in [-0.1, -0.05) is 205 Å². The molecule has 4 aliphatic rings. The highest BCUT2D eigenvalue weighted by Crippen LogP contribution is 2.62. The van der Waals surface area contributed by atoms with Crippen molar-refractivity contribution in [2.45, 2.75) is 262 Å². The highest BCUT2D eigenvalue weighted by atomic mass is 16.1. The summed E-state index contributed by atoms with van der Waals surface area (Å²) in [5.74, 6) is 23.1. The summed E-state index contributed by atoms with van der Waals surface area (Å²) < 4.78 is 0. The van der Waals surface area contributed by atoms with Gasteiger partial charge in [-0.25, -0.2) is 0 Å². The van der Waals surface area contributed by atoms with Crippen LogP contribution in [0.4, 0.5) is 0 Å². The number of Topliss-reactive ketones (excluding diaryl/α,β-unsaturated/α-hetero) is 1. The van der Waals surface area contributed by atoms with Crippen molar-refractivity contribution >= 4 is 5.78 Å². The molecule has 4 rings (SSSR count). The van der Waals surface area contributed by atoms with Crippen LogP contribution in [0.5, 0.6) is 0 Å². The maximum Gasteiger partial charge on any atom is 0.139 e. The molecule has 0 N–H and O–H groups in total. The number of hydrogen-bond acceptors (Lipinski definition) is 1. The molecular formula is C70H132O. The van der Waals surface area contributed by atoms with Crippen molar-refractivity contribution in [3.8, 4) is 0 Å². The van der Waals surface area contributed by atoms with E-state index in [1.807, 2.05) is 0 Å². The summed E-state index contributed by atoms with van der Waals surface area (Å²) in [5, 5.41) is 0. The Labute approximate surface area is 448 Å². The van der Waals surface area contributed by atoms with Gasteiger partial charge in [-0.15, -0.1) is 0 Å². The first kappa shape index (κ1) is 63.2. The molecule has 0 saturated heterocycles. The van der Waals surface area contributed by atoms with E-state index in [4.69, 9.17) is 0 Å². The second kappa shape index (κ2) is 28.3. The van der Waals surface area contributed by atoms with E-state index in [9.17, 15) is 4.79 Å². The van der Waals surface area contributed by atoms with Gasteiger partial charge in [-0.05, 0) is 223 Å². The lowest BCUT2D eigenvalue weighted by Crippen LogP contribution is -2.49. The monoisotopic (exact) mass is 989 g/mol. The third kappa shape index (κ3) is 14.6. The SMILES string of the molecule is CCC(CC(C)C(C)C(C)CC(C)C(C)CC(C)C(C)CC(C)C(C)[C@H](C)C(C)C(=O)C1C(C)C(CC)C(CC)[C@@H](CC)C1C)CC(C)[C@@H]1C[C@@H]([C@H]2C(C)CC3C(C(C)C)CC(C)CC32)C(CC)C1CC. The standard InChI is InChI=1S/C70H132O/c1-25-57(37-49(17)64-39-67(62(30-6)61(64)29-5)68-50(18)38-65-63(40(7)8)31-41(9)32-66(65)68)36-48(16)51(19)46(14)34-44(12)42(10)33-43(11)45(13)35-47(15)52(20)53(21)54(22)70(71)69-55(23)58(26-2)60(28-4)59(27-3)56(69)24/h40-69H,25-39H2,1-24H3/t41?,42?,43?,44?,45?,46?,47?,48?,49?,50?,51?,52?,53-,54?,55?,56?,57?,58-,59?,60?,61?,62?,63?,64-,65?,66?,67+,68-,69?/m0/s1. The molecule has 0 aromatic heterocycles. The minimum Gasteiger partial charge on any atom is -0.299 e. The molecule has 4 aliphatic carbocycles. The average Bonchev–Trinajstić information content (AvgIpc) is 3.87. The van der Waals surface area contributed by atoms with Crippen molar-refractivity contribution in [2.24, 2.45) is 178 Å². The predicted molar refractivity (Wildman–Crippen MR) is 315 cm³/mol. The summed E-state index contributed by atoms with van der Waals surface area (Å²) in [6, 6.07) is 0. The van der Waals surface area contributed by atoms with Crippen LogP contribution in [0.25, 0.3) is 0 Å². The Hall–Kier alpha value is -0.330. The fourth-order valence-corrected chi connectivity index (χ4v) is 20.3. The molecule has 418 valence electrons. The molecule has 4 saturated carbocycles. The van der Waals surface area contributed by atoms with Crippen LogP contribution in [-0.2, 0) is 4.79 Å². The fraction of sp³-hybridized carbons (Fsp3) is 0.986. The first-order valence-electron chi connectivity index (χ1n) is 32.9. The van der Waals surface area contributed by atoms with Gasteiger partial charge in [-0.2, -0.15) is 0 Å². The molecule has 0 heterocycles. The summed E-state index contributed by atoms with van der Waals surface area (Å²) in [6.07, 6.45) is 20.8. The summed E-state index contributed by atoms with van der Waals surface area (Å²) in [6.45, 7) is 60.7. The van der Waals surface area contributed by atoms with E-state index in [-0.39, 0.29) is 11.8 Å². The smallest absolute Gasteiger partial charge is 0.139 e. The van der Waals surface area contributed by atoms with Crippen LogP contribution in [0.3, 0.4) is 0 Å². The molecule has 0 amide bonds. The van der Waals surface area contributed by atoms with Crippen LogP contribution in [-0.4, -0.2) is 5.78 Å². The number of carbonyl (C=O) groups excluding carboxylic acids is 1. The maximum absolute atomic E-state index is 14.6. The third-order valence-corrected chi connectivity index (χ3v) is 25.7. The molecule has 0 spiro atoms. The molecule has 0 bridgehead atoms. The summed E-state index contributed by atoms with van der Waals surface area (Å²) in [7, 11) is 0. The predicted octanol–water partition coefficient (Wildman–Crippen LogP) is 21.4.